The van der Waals surface area contributed by atoms with Gasteiger partial charge in [0.1, 0.15) is 0 Å². The first-order valence-electron chi connectivity index (χ1n) is 8.11. The van der Waals surface area contributed by atoms with Crippen LogP contribution in [0.2, 0.25) is 0 Å². The number of likely N-dealkylation sites (tertiary alicyclic amines) is 1. The predicted octanol–water partition coefficient (Wildman–Crippen LogP) is 1.38. The molecule has 0 spiro atoms. The van der Waals surface area contributed by atoms with Gasteiger partial charge in [-0.15, -0.1) is 0 Å². The van der Waals surface area contributed by atoms with Crippen molar-refractivity contribution in [1.29, 1.82) is 0 Å². The molecule has 2 N–H and O–H groups in total. The smallest absolute Gasteiger partial charge is 0.317 e. The van der Waals surface area contributed by atoms with Crippen molar-refractivity contribution < 1.29 is 9.90 Å². The van der Waals surface area contributed by atoms with Crippen LogP contribution in [0.5, 0.6) is 0 Å². The van der Waals surface area contributed by atoms with Crippen molar-refractivity contribution in [2.24, 2.45) is 0 Å². The number of β-amino-alcohol motifs (C(OH)–C–C–N with tert-alkyl or cyclic N) is 1. The van der Waals surface area contributed by atoms with Gasteiger partial charge in [0.15, 0.2) is 0 Å². The average molecular weight is 303 g/mol. The van der Waals surface area contributed by atoms with Gasteiger partial charge >= 0.3 is 6.03 Å². The molecule has 5 heteroatoms. The summed E-state index contributed by atoms with van der Waals surface area (Å²) in [7, 11) is 0. The van der Waals surface area contributed by atoms with Crippen LogP contribution >= 0.6 is 0 Å². The van der Waals surface area contributed by atoms with E-state index in [-0.39, 0.29) is 6.03 Å². The zero-order chi connectivity index (χ0) is 15.6. The van der Waals surface area contributed by atoms with E-state index in [0.717, 1.165) is 44.6 Å². The Bertz CT molecular complexity index is 510. The van der Waals surface area contributed by atoms with E-state index >= 15 is 0 Å². The SMILES string of the molecule is C[C@](O)(CN1CCC(N2CCNC2=O)CC1)c1ccccc1. The molecule has 2 aliphatic rings. The third kappa shape index (κ3) is 3.25. The molecule has 3 rings (SSSR count). The first-order chi connectivity index (χ1) is 10.6. The minimum atomic E-state index is -0.834. The standard InChI is InChI=1S/C17H25N3O2/c1-17(22,14-5-3-2-4-6-14)13-19-10-7-15(8-11-19)20-12-9-18-16(20)21/h2-6,15,22H,7-13H2,1H3,(H,18,21)/t17-/m0/s1. The summed E-state index contributed by atoms with van der Waals surface area (Å²) in [5, 5.41) is 13.6. The molecule has 5 nitrogen and oxygen atoms in total. The average Bonchev–Trinajstić information content (AvgIpc) is 2.95. The highest BCUT2D eigenvalue weighted by Crippen LogP contribution is 2.25. The number of nitrogens with zero attached hydrogens (tertiary/aromatic N) is 2. The normalized spacial score (nSPS) is 23.4. The Labute approximate surface area is 131 Å². The molecule has 1 aromatic carbocycles. The van der Waals surface area contributed by atoms with E-state index in [1.165, 1.54) is 0 Å². The Kier molecular flexibility index (Phi) is 4.36. The third-order valence-electron chi connectivity index (χ3n) is 4.81. The third-order valence-corrected chi connectivity index (χ3v) is 4.81. The fourth-order valence-corrected chi connectivity index (χ4v) is 3.55. The van der Waals surface area contributed by atoms with Crippen molar-refractivity contribution in [3.05, 3.63) is 35.9 Å². The molecule has 2 saturated heterocycles. The minimum absolute atomic E-state index is 0.0785. The highest BCUT2D eigenvalue weighted by atomic mass is 16.3. The molecular weight excluding hydrogens is 278 g/mol. The molecule has 1 atom stereocenters. The molecule has 120 valence electrons. The summed E-state index contributed by atoms with van der Waals surface area (Å²) in [5.74, 6) is 0. The minimum Gasteiger partial charge on any atom is -0.384 e. The molecule has 0 saturated carbocycles. The van der Waals surface area contributed by atoms with Gasteiger partial charge in [-0.05, 0) is 25.3 Å². The van der Waals surface area contributed by atoms with Gasteiger partial charge in [-0.3, -0.25) is 4.90 Å². The largest absolute Gasteiger partial charge is 0.384 e. The van der Waals surface area contributed by atoms with Crippen molar-refractivity contribution in [1.82, 2.24) is 15.1 Å². The molecule has 0 aliphatic carbocycles. The first kappa shape index (κ1) is 15.3. The highest BCUT2D eigenvalue weighted by molar-refractivity contribution is 5.76. The number of benzene rings is 1. The van der Waals surface area contributed by atoms with Crippen LogP contribution in [0.15, 0.2) is 30.3 Å². The Balaban J connectivity index is 1.54. The Hall–Kier alpha value is -1.59. The number of carbonyl (C=O) groups is 1. The number of aliphatic hydroxyl groups is 1. The second kappa shape index (κ2) is 6.26. The van der Waals surface area contributed by atoms with Gasteiger partial charge in [0.2, 0.25) is 0 Å². The molecule has 0 aromatic heterocycles. The lowest BCUT2D eigenvalue weighted by molar-refractivity contribution is 0.00383. The molecule has 0 bridgehead atoms. The maximum Gasteiger partial charge on any atom is 0.317 e. The van der Waals surface area contributed by atoms with E-state index in [1.807, 2.05) is 42.2 Å². The molecule has 0 radical (unpaired) electrons. The molecule has 2 heterocycles. The molecule has 0 unspecified atom stereocenters. The van der Waals surface area contributed by atoms with Crippen LogP contribution in [-0.4, -0.2) is 59.7 Å². The van der Waals surface area contributed by atoms with Crippen LogP contribution in [-0.2, 0) is 5.60 Å². The van der Waals surface area contributed by atoms with Crippen LogP contribution in [0.4, 0.5) is 4.79 Å². The summed E-state index contributed by atoms with van der Waals surface area (Å²) in [6.07, 6.45) is 1.97. The number of rotatable bonds is 4. The number of hydrogen-bond donors (Lipinski definition) is 2. The Morgan fingerprint density at radius 2 is 1.91 bits per heavy atom. The van der Waals surface area contributed by atoms with Crippen molar-refractivity contribution in [3.63, 3.8) is 0 Å². The van der Waals surface area contributed by atoms with Crippen molar-refractivity contribution in [2.45, 2.75) is 31.4 Å². The number of hydrogen-bond acceptors (Lipinski definition) is 3. The summed E-state index contributed by atoms with van der Waals surface area (Å²) < 4.78 is 0. The topological polar surface area (TPSA) is 55.8 Å². The van der Waals surface area contributed by atoms with Crippen LogP contribution in [0.1, 0.15) is 25.3 Å². The number of amides is 2. The van der Waals surface area contributed by atoms with Gasteiger partial charge < -0.3 is 15.3 Å². The van der Waals surface area contributed by atoms with Gasteiger partial charge in [0.25, 0.3) is 0 Å². The maximum atomic E-state index is 11.7. The lowest BCUT2D eigenvalue weighted by Gasteiger charge is -2.39. The van der Waals surface area contributed by atoms with E-state index < -0.39 is 5.60 Å². The lowest BCUT2D eigenvalue weighted by atomic mass is 9.94. The van der Waals surface area contributed by atoms with Crippen LogP contribution in [0, 0.1) is 0 Å². The van der Waals surface area contributed by atoms with Gasteiger partial charge in [-0.2, -0.15) is 0 Å². The van der Waals surface area contributed by atoms with Crippen molar-refractivity contribution >= 4 is 6.03 Å². The van der Waals surface area contributed by atoms with Gasteiger partial charge in [-0.25, -0.2) is 4.79 Å². The molecule has 2 fully saturated rings. The zero-order valence-corrected chi connectivity index (χ0v) is 13.2. The fraction of sp³-hybridized carbons (Fsp3) is 0.588. The van der Waals surface area contributed by atoms with E-state index in [2.05, 4.69) is 10.2 Å². The van der Waals surface area contributed by atoms with Crippen LogP contribution in [0.25, 0.3) is 0 Å². The summed E-state index contributed by atoms with van der Waals surface area (Å²) in [5.41, 5.74) is 0.120. The Morgan fingerprint density at radius 3 is 2.50 bits per heavy atom. The number of piperidine rings is 1. The molecule has 22 heavy (non-hydrogen) atoms. The Morgan fingerprint density at radius 1 is 1.23 bits per heavy atom. The van der Waals surface area contributed by atoms with Gasteiger partial charge in [0.05, 0.1) is 5.60 Å². The zero-order valence-electron chi connectivity index (χ0n) is 13.2. The number of urea groups is 1. The molecule has 1 aromatic rings. The quantitative estimate of drug-likeness (QED) is 0.883. The highest BCUT2D eigenvalue weighted by Gasteiger charge is 2.33. The summed E-state index contributed by atoms with van der Waals surface area (Å²) in [6, 6.07) is 10.3. The molecule has 2 amide bonds. The number of carbonyl (C=O) groups excluding carboxylic acids is 1. The first-order valence-corrected chi connectivity index (χ1v) is 8.11. The summed E-state index contributed by atoms with van der Waals surface area (Å²) in [4.78, 5) is 16.0. The number of nitrogens with one attached hydrogen (secondary N) is 1. The second-order valence-electron chi connectivity index (χ2n) is 6.57. The van der Waals surface area contributed by atoms with Crippen molar-refractivity contribution in [3.8, 4) is 0 Å². The second-order valence-corrected chi connectivity index (χ2v) is 6.57. The molecule has 2 aliphatic heterocycles. The van der Waals surface area contributed by atoms with E-state index in [0.29, 0.717) is 12.6 Å². The van der Waals surface area contributed by atoms with Gasteiger partial charge in [-0.1, -0.05) is 30.3 Å². The van der Waals surface area contributed by atoms with E-state index in [9.17, 15) is 9.90 Å². The fourth-order valence-electron chi connectivity index (χ4n) is 3.55. The maximum absolute atomic E-state index is 11.7. The van der Waals surface area contributed by atoms with Gasteiger partial charge in [0, 0.05) is 38.8 Å². The summed E-state index contributed by atoms with van der Waals surface area (Å²) >= 11 is 0. The van der Waals surface area contributed by atoms with Crippen LogP contribution in [0.3, 0.4) is 0 Å². The lowest BCUT2D eigenvalue weighted by Crippen LogP contribution is -2.49. The van der Waals surface area contributed by atoms with E-state index in [4.69, 9.17) is 0 Å². The van der Waals surface area contributed by atoms with Crippen molar-refractivity contribution in [2.75, 3.05) is 32.7 Å². The van der Waals surface area contributed by atoms with Crippen LogP contribution < -0.4 is 5.32 Å². The molecular formula is C17H25N3O2. The summed E-state index contributed by atoms with van der Waals surface area (Å²) in [6.45, 7) is 5.96. The van der Waals surface area contributed by atoms with E-state index in [1.54, 1.807) is 0 Å². The predicted molar refractivity (Wildman–Crippen MR) is 85.6 cm³/mol. The monoisotopic (exact) mass is 303 g/mol.